The van der Waals surface area contributed by atoms with E-state index in [9.17, 15) is 9.59 Å². The maximum absolute atomic E-state index is 13.0. The summed E-state index contributed by atoms with van der Waals surface area (Å²) in [4.78, 5) is 32.4. The maximum Gasteiger partial charge on any atom is 0.270 e. The second kappa shape index (κ2) is 5.72. The number of nitrogens with zero attached hydrogens (tertiary/aromatic N) is 4. The molecule has 0 saturated carbocycles. The molecule has 130 valence electrons. The van der Waals surface area contributed by atoms with Crippen molar-refractivity contribution in [3.8, 4) is 0 Å². The largest absolute Gasteiger partial charge is 0.337 e. The van der Waals surface area contributed by atoms with Gasteiger partial charge in [-0.1, -0.05) is 13.0 Å². The lowest BCUT2D eigenvalue weighted by Gasteiger charge is -2.30. The number of rotatable bonds is 1. The van der Waals surface area contributed by atoms with Crippen molar-refractivity contribution in [2.24, 2.45) is 13.0 Å². The number of carbonyl (C=O) groups excluding carboxylic acids is 1. The Balaban J connectivity index is 1.89. The molecule has 1 fully saturated rings. The van der Waals surface area contributed by atoms with Crippen LogP contribution in [0.25, 0.3) is 16.7 Å². The van der Waals surface area contributed by atoms with Crippen LogP contribution < -0.4 is 5.56 Å². The van der Waals surface area contributed by atoms with E-state index in [-0.39, 0.29) is 11.5 Å². The highest BCUT2D eigenvalue weighted by molar-refractivity contribution is 5.98. The quantitative estimate of drug-likeness (QED) is 0.684. The van der Waals surface area contributed by atoms with Crippen LogP contribution in [0.2, 0.25) is 0 Å². The van der Waals surface area contributed by atoms with Crippen molar-refractivity contribution in [3.63, 3.8) is 0 Å². The van der Waals surface area contributed by atoms with E-state index in [4.69, 9.17) is 0 Å². The molecule has 0 unspecified atom stereocenters. The van der Waals surface area contributed by atoms with E-state index in [0.29, 0.717) is 28.3 Å². The molecule has 4 rings (SSSR count). The van der Waals surface area contributed by atoms with Crippen LogP contribution in [0.4, 0.5) is 0 Å². The molecule has 1 saturated heterocycles. The van der Waals surface area contributed by atoms with Gasteiger partial charge in [0.05, 0.1) is 5.39 Å². The number of likely N-dealkylation sites (tertiary alicyclic amines) is 1. The third-order valence-corrected chi connectivity index (χ3v) is 5.19. The van der Waals surface area contributed by atoms with Gasteiger partial charge in [0.1, 0.15) is 17.0 Å². The van der Waals surface area contributed by atoms with Crippen LogP contribution in [0.15, 0.2) is 29.2 Å². The molecule has 3 aromatic heterocycles. The van der Waals surface area contributed by atoms with E-state index >= 15 is 0 Å². The van der Waals surface area contributed by atoms with E-state index in [2.05, 4.69) is 11.9 Å². The molecule has 0 bridgehead atoms. The summed E-state index contributed by atoms with van der Waals surface area (Å²) in [5.41, 5.74) is 2.52. The van der Waals surface area contributed by atoms with Crippen molar-refractivity contribution >= 4 is 22.6 Å². The van der Waals surface area contributed by atoms with E-state index in [1.165, 1.54) is 0 Å². The normalized spacial score (nSPS) is 18.2. The number of amides is 1. The summed E-state index contributed by atoms with van der Waals surface area (Å²) < 4.78 is 3.31. The predicted octanol–water partition coefficient (Wildman–Crippen LogP) is 2.37. The van der Waals surface area contributed by atoms with Crippen molar-refractivity contribution in [1.82, 2.24) is 18.9 Å². The summed E-state index contributed by atoms with van der Waals surface area (Å²) in [6.07, 6.45) is 3.91. The summed E-state index contributed by atoms with van der Waals surface area (Å²) in [6, 6.07) is 5.46. The first-order valence-electron chi connectivity index (χ1n) is 8.74. The lowest BCUT2D eigenvalue weighted by atomic mass is 10.00. The highest BCUT2D eigenvalue weighted by Gasteiger charge is 2.25. The first-order valence-corrected chi connectivity index (χ1v) is 8.74. The minimum Gasteiger partial charge on any atom is -0.337 e. The number of fused-ring (bicyclic) bond motifs is 2. The molecular formula is C19H22N4O2. The predicted molar refractivity (Wildman–Crippen MR) is 97.0 cm³/mol. The van der Waals surface area contributed by atoms with Crippen molar-refractivity contribution in [2.45, 2.75) is 26.7 Å². The lowest BCUT2D eigenvalue weighted by Crippen LogP contribution is -2.39. The van der Waals surface area contributed by atoms with Gasteiger partial charge in [-0.05, 0) is 43.4 Å². The van der Waals surface area contributed by atoms with Crippen LogP contribution in [-0.4, -0.2) is 37.8 Å². The molecule has 0 spiro atoms. The zero-order chi connectivity index (χ0) is 17.7. The van der Waals surface area contributed by atoms with E-state index in [1.54, 1.807) is 21.2 Å². The fourth-order valence-corrected chi connectivity index (χ4v) is 3.77. The molecule has 25 heavy (non-hydrogen) atoms. The average molecular weight is 338 g/mol. The number of carbonyl (C=O) groups is 1. The minimum absolute atomic E-state index is 0.0165. The van der Waals surface area contributed by atoms with Crippen LogP contribution in [-0.2, 0) is 7.05 Å². The fourth-order valence-electron chi connectivity index (χ4n) is 3.77. The topological polar surface area (TPSA) is 59.6 Å². The van der Waals surface area contributed by atoms with Gasteiger partial charge in [-0.3, -0.25) is 14.0 Å². The second-order valence-electron chi connectivity index (χ2n) is 7.13. The molecule has 6 heteroatoms. The molecule has 0 radical (unpaired) electrons. The molecule has 0 aromatic carbocycles. The SMILES string of the molecule is Cc1cccn2c(=O)c3cc(C(=O)N4CCC[C@H](C)C4)n(C)c3nc12. The molecule has 0 aliphatic carbocycles. The van der Waals surface area contributed by atoms with E-state index in [0.717, 1.165) is 31.5 Å². The van der Waals surface area contributed by atoms with Gasteiger partial charge in [0.25, 0.3) is 11.5 Å². The molecule has 0 N–H and O–H groups in total. The second-order valence-corrected chi connectivity index (χ2v) is 7.13. The van der Waals surface area contributed by atoms with Gasteiger partial charge in [-0.25, -0.2) is 4.98 Å². The van der Waals surface area contributed by atoms with Crippen LogP contribution in [0.3, 0.4) is 0 Å². The Labute approximate surface area is 145 Å². The van der Waals surface area contributed by atoms with Crippen molar-refractivity contribution in [1.29, 1.82) is 0 Å². The Kier molecular flexibility index (Phi) is 3.63. The molecular weight excluding hydrogens is 316 g/mol. The Morgan fingerprint density at radius 1 is 1.32 bits per heavy atom. The fraction of sp³-hybridized carbons (Fsp3) is 0.421. The highest BCUT2D eigenvalue weighted by atomic mass is 16.2. The Bertz CT molecular complexity index is 1050. The molecule has 3 aromatic rings. The third-order valence-electron chi connectivity index (χ3n) is 5.19. The van der Waals surface area contributed by atoms with Gasteiger partial charge in [-0.15, -0.1) is 0 Å². The Hall–Kier alpha value is -2.63. The Morgan fingerprint density at radius 2 is 2.12 bits per heavy atom. The van der Waals surface area contributed by atoms with Gasteiger partial charge >= 0.3 is 0 Å². The van der Waals surface area contributed by atoms with Crippen molar-refractivity contribution in [2.75, 3.05) is 13.1 Å². The van der Waals surface area contributed by atoms with Gasteiger partial charge < -0.3 is 9.47 Å². The molecule has 1 atom stereocenters. The average Bonchev–Trinajstić information content (AvgIpc) is 2.93. The first-order chi connectivity index (χ1) is 12.0. The number of aromatic nitrogens is 3. The molecule has 4 heterocycles. The number of aryl methyl sites for hydroxylation is 2. The first kappa shape index (κ1) is 15.9. The lowest BCUT2D eigenvalue weighted by molar-refractivity contribution is 0.0674. The minimum atomic E-state index is -0.134. The standard InChI is InChI=1S/C19H22N4O2/c1-12-6-4-8-22(11-12)19(25)15-10-14-17(21(15)3)20-16-13(2)7-5-9-23(16)18(14)24/h5,7,9-10,12H,4,6,8,11H2,1-3H3/t12-/m0/s1. The number of hydrogen-bond acceptors (Lipinski definition) is 3. The third kappa shape index (κ3) is 2.44. The summed E-state index contributed by atoms with van der Waals surface area (Å²) in [5, 5.41) is 0.485. The van der Waals surface area contributed by atoms with Gasteiger partial charge in [0.2, 0.25) is 0 Å². The summed E-state index contributed by atoms with van der Waals surface area (Å²) in [7, 11) is 1.81. The number of piperidine rings is 1. The Morgan fingerprint density at radius 3 is 2.88 bits per heavy atom. The van der Waals surface area contributed by atoms with Crippen LogP contribution >= 0.6 is 0 Å². The highest BCUT2D eigenvalue weighted by Crippen LogP contribution is 2.21. The molecule has 6 nitrogen and oxygen atoms in total. The molecule has 1 aliphatic heterocycles. The summed E-state index contributed by atoms with van der Waals surface area (Å²) in [6.45, 7) is 5.65. The zero-order valence-corrected chi connectivity index (χ0v) is 14.8. The van der Waals surface area contributed by atoms with Crippen LogP contribution in [0.5, 0.6) is 0 Å². The van der Waals surface area contributed by atoms with Crippen molar-refractivity contribution < 1.29 is 4.79 Å². The van der Waals surface area contributed by atoms with E-state index in [1.807, 2.05) is 31.0 Å². The van der Waals surface area contributed by atoms with Crippen LogP contribution in [0.1, 0.15) is 35.8 Å². The van der Waals surface area contributed by atoms with E-state index < -0.39 is 0 Å². The summed E-state index contributed by atoms with van der Waals surface area (Å²) >= 11 is 0. The zero-order valence-electron chi connectivity index (χ0n) is 14.8. The monoisotopic (exact) mass is 338 g/mol. The van der Waals surface area contributed by atoms with Crippen LogP contribution in [0, 0.1) is 12.8 Å². The molecule has 1 aliphatic rings. The summed E-state index contributed by atoms with van der Waals surface area (Å²) in [5.74, 6) is 0.499. The smallest absolute Gasteiger partial charge is 0.270 e. The van der Waals surface area contributed by atoms with Gasteiger partial charge in [0.15, 0.2) is 0 Å². The van der Waals surface area contributed by atoms with Crippen molar-refractivity contribution in [3.05, 3.63) is 46.0 Å². The number of pyridine rings is 1. The number of hydrogen-bond donors (Lipinski definition) is 0. The maximum atomic E-state index is 13.0. The molecule has 1 amide bonds. The van der Waals surface area contributed by atoms with Gasteiger partial charge in [0, 0.05) is 26.3 Å². The van der Waals surface area contributed by atoms with Gasteiger partial charge in [-0.2, -0.15) is 0 Å².